The quantitative estimate of drug-likeness (QED) is 0.794. The molecule has 100 valence electrons. The highest BCUT2D eigenvalue weighted by atomic mass is 79.9. The van der Waals surface area contributed by atoms with Crippen molar-refractivity contribution >= 4 is 37.8 Å². The number of methoxy groups -OCH3 is 1. The van der Waals surface area contributed by atoms with E-state index in [1.165, 1.54) is 19.2 Å². The molecule has 1 amide bonds. The summed E-state index contributed by atoms with van der Waals surface area (Å²) in [5.41, 5.74) is -0.571. The molecule has 1 aromatic carbocycles. The Kier molecular flexibility index (Phi) is 5.59. The highest BCUT2D eigenvalue weighted by molar-refractivity contribution is 9.09. The molecule has 0 atom stereocenters. The Balaban J connectivity index is 3.04. The third kappa shape index (κ3) is 3.45. The molecule has 0 spiro atoms. The molecule has 0 aliphatic heterocycles. The number of alkyl halides is 2. The number of hydrogen-bond donors (Lipinski definition) is 1. The number of carbonyl (C=O) groups excluding carboxylic acids is 1. The lowest BCUT2D eigenvalue weighted by Crippen LogP contribution is -2.49. The molecule has 0 aliphatic carbocycles. The van der Waals surface area contributed by atoms with Gasteiger partial charge in [-0.1, -0.05) is 37.9 Å². The van der Waals surface area contributed by atoms with E-state index in [2.05, 4.69) is 37.2 Å². The van der Waals surface area contributed by atoms with Crippen molar-refractivity contribution in [1.29, 1.82) is 0 Å². The Morgan fingerprint density at radius 1 is 1.44 bits per heavy atom. The minimum absolute atomic E-state index is 0.0758. The zero-order valence-electron chi connectivity index (χ0n) is 10.1. The SMILES string of the molecule is COc1cccc(F)c1C(=O)NC(C)(CBr)CBr. The zero-order valence-corrected chi connectivity index (χ0v) is 13.3. The minimum atomic E-state index is -0.599. The van der Waals surface area contributed by atoms with Crippen LogP contribution in [0.1, 0.15) is 17.3 Å². The van der Waals surface area contributed by atoms with Gasteiger partial charge < -0.3 is 10.1 Å². The van der Waals surface area contributed by atoms with E-state index in [0.717, 1.165) is 0 Å². The number of benzene rings is 1. The first-order chi connectivity index (χ1) is 8.47. The summed E-state index contributed by atoms with van der Waals surface area (Å²) in [7, 11) is 1.40. The smallest absolute Gasteiger partial charge is 0.258 e. The molecule has 0 heterocycles. The largest absolute Gasteiger partial charge is 0.496 e. The van der Waals surface area contributed by atoms with E-state index in [9.17, 15) is 9.18 Å². The molecular formula is C12H14Br2FNO2. The Morgan fingerprint density at radius 2 is 2.06 bits per heavy atom. The molecule has 1 aromatic rings. The van der Waals surface area contributed by atoms with Crippen LogP contribution in [0.2, 0.25) is 0 Å². The number of ether oxygens (including phenoxy) is 1. The minimum Gasteiger partial charge on any atom is -0.496 e. The summed E-state index contributed by atoms with van der Waals surface area (Å²) < 4.78 is 18.7. The van der Waals surface area contributed by atoms with Crippen molar-refractivity contribution in [3.8, 4) is 5.75 Å². The van der Waals surface area contributed by atoms with Crippen LogP contribution in [0.5, 0.6) is 5.75 Å². The van der Waals surface area contributed by atoms with Crippen molar-refractivity contribution in [1.82, 2.24) is 5.32 Å². The van der Waals surface area contributed by atoms with E-state index in [1.54, 1.807) is 6.07 Å². The monoisotopic (exact) mass is 381 g/mol. The molecular weight excluding hydrogens is 369 g/mol. The molecule has 0 radical (unpaired) electrons. The third-order valence-corrected chi connectivity index (χ3v) is 4.90. The molecule has 0 saturated heterocycles. The predicted molar refractivity (Wildman–Crippen MR) is 76.4 cm³/mol. The summed E-state index contributed by atoms with van der Waals surface area (Å²) in [6.45, 7) is 1.85. The normalized spacial score (nSPS) is 11.2. The summed E-state index contributed by atoms with van der Waals surface area (Å²) in [4.78, 5) is 12.1. The fourth-order valence-electron chi connectivity index (χ4n) is 1.33. The number of hydrogen-bond acceptors (Lipinski definition) is 2. The van der Waals surface area contributed by atoms with Crippen LogP contribution in [-0.4, -0.2) is 29.2 Å². The van der Waals surface area contributed by atoms with Crippen LogP contribution in [0.25, 0.3) is 0 Å². The van der Waals surface area contributed by atoms with E-state index in [1.807, 2.05) is 6.92 Å². The summed E-state index contributed by atoms with van der Waals surface area (Å²) in [5, 5.41) is 3.87. The van der Waals surface area contributed by atoms with Gasteiger partial charge >= 0.3 is 0 Å². The van der Waals surface area contributed by atoms with Crippen LogP contribution in [0.3, 0.4) is 0 Å². The molecule has 0 bridgehead atoms. The summed E-state index contributed by atoms with van der Waals surface area (Å²) in [6.07, 6.45) is 0. The molecule has 3 nitrogen and oxygen atoms in total. The highest BCUT2D eigenvalue weighted by Crippen LogP contribution is 2.22. The Labute approximate surface area is 122 Å². The van der Waals surface area contributed by atoms with Gasteiger partial charge in [0.05, 0.1) is 12.6 Å². The Bertz CT molecular complexity index is 436. The van der Waals surface area contributed by atoms with Gasteiger partial charge in [0.25, 0.3) is 5.91 Å². The van der Waals surface area contributed by atoms with Gasteiger partial charge in [-0.15, -0.1) is 0 Å². The number of nitrogens with one attached hydrogen (secondary N) is 1. The summed E-state index contributed by atoms with van der Waals surface area (Å²) in [6, 6.07) is 4.29. The predicted octanol–water partition coefficient (Wildman–Crippen LogP) is 3.11. The number of rotatable bonds is 5. The topological polar surface area (TPSA) is 38.3 Å². The van der Waals surface area contributed by atoms with Gasteiger partial charge in [-0.3, -0.25) is 4.79 Å². The Morgan fingerprint density at radius 3 is 2.56 bits per heavy atom. The van der Waals surface area contributed by atoms with Crippen molar-refractivity contribution in [2.24, 2.45) is 0 Å². The second kappa shape index (κ2) is 6.52. The molecule has 0 aromatic heterocycles. The van der Waals surface area contributed by atoms with Gasteiger partial charge in [0.2, 0.25) is 0 Å². The van der Waals surface area contributed by atoms with Crippen LogP contribution in [0.15, 0.2) is 18.2 Å². The molecule has 18 heavy (non-hydrogen) atoms. The first-order valence-corrected chi connectivity index (χ1v) is 7.48. The van der Waals surface area contributed by atoms with E-state index in [4.69, 9.17) is 4.74 Å². The first kappa shape index (κ1) is 15.4. The number of amides is 1. The van der Waals surface area contributed by atoms with Crippen molar-refractivity contribution < 1.29 is 13.9 Å². The van der Waals surface area contributed by atoms with Gasteiger partial charge in [-0.25, -0.2) is 4.39 Å². The summed E-state index contributed by atoms with van der Waals surface area (Å²) >= 11 is 6.64. The summed E-state index contributed by atoms with van der Waals surface area (Å²) in [5.74, 6) is -0.872. The number of halogens is 3. The van der Waals surface area contributed by atoms with Crippen LogP contribution < -0.4 is 10.1 Å². The lowest BCUT2D eigenvalue weighted by molar-refractivity contribution is 0.0915. The third-order valence-electron chi connectivity index (χ3n) is 2.43. The average Bonchev–Trinajstić information content (AvgIpc) is 2.37. The maximum absolute atomic E-state index is 13.7. The molecule has 1 rings (SSSR count). The second-order valence-corrected chi connectivity index (χ2v) is 5.22. The van der Waals surface area contributed by atoms with Gasteiger partial charge in [-0.2, -0.15) is 0 Å². The molecule has 0 fully saturated rings. The molecule has 1 N–H and O–H groups in total. The van der Waals surface area contributed by atoms with Crippen LogP contribution in [0, 0.1) is 5.82 Å². The average molecular weight is 383 g/mol. The van der Waals surface area contributed by atoms with Crippen molar-refractivity contribution in [3.05, 3.63) is 29.6 Å². The number of carbonyl (C=O) groups is 1. The van der Waals surface area contributed by atoms with E-state index < -0.39 is 17.3 Å². The van der Waals surface area contributed by atoms with Crippen molar-refractivity contribution in [3.63, 3.8) is 0 Å². The van der Waals surface area contributed by atoms with Gasteiger partial charge in [0, 0.05) is 10.7 Å². The maximum atomic E-state index is 13.7. The second-order valence-electron chi connectivity index (χ2n) is 4.10. The van der Waals surface area contributed by atoms with E-state index in [-0.39, 0.29) is 11.3 Å². The van der Waals surface area contributed by atoms with Crippen molar-refractivity contribution in [2.75, 3.05) is 17.8 Å². The van der Waals surface area contributed by atoms with Gasteiger partial charge in [-0.05, 0) is 19.1 Å². The van der Waals surface area contributed by atoms with Crippen LogP contribution >= 0.6 is 31.9 Å². The molecule has 6 heteroatoms. The molecule has 0 saturated carbocycles. The van der Waals surface area contributed by atoms with Gasteiger partial charge in [0.15, 0.2) is 0 Å². The maximum Gasteiger partial charge on any atom is 0.258 e. The van der Waals surface area contributed by atoms with E-state index in [0.29, 0.717) is 10.7 Å². The highest BCUT2D eigenvalue weighted by Gasteiger charge is 2.27. The fraction of sp³-hybridized carbons (Fsp3) is 0.417. The van der Waals surface area contributed by atoms with Gasteiger partial charge in [0.1, 0.15) is 17.1 Å². The Hall–Kier alpha value is -0.620. The van der Waals surface area contributed by atoms with Crippen molar-refractivity contribution in [2.45, 2.75) is 12.5 Å². The zero-order chi connectivity index (χ0) is 13.8. The standard InChI is InChI=1S/C12H14Br2FNO2/c1-12(6-13,7-14)16-11(17)10-8(15)4-3-5-9(10)18-2/h3-5H,6-7H2,1-2H3,(H,16,17). The molecule has 0 unspecified atom stereocenters. The fourth-order valence-corrected chi connectivity index (χ4v) is 2.54. The van der Waals surface area contributed by atoms with Crippen LogP contribution in [-0.2, 0) is 0 Å². The first-order valence-electron chi connectivity index (χ1n) is 5.24. The van der Waals surface area contributed by atoms with Crippen LogP contribution in [0.4, 0.5) is 4.39 Å². The lowest BCUT2D eigenvalue weighted by atomic mass is 10.1. The molecule has 0 aliphatic rings. The lowest BCUT2D eigenvalue weighted by Gasteiger charge is -2.26. The van der Waals surface area contributed by atoms with E-state index >= 15 is 0 Å².